The van der Waals surface area contributed by atoms with Gasteiger partial charge in [-0.2, -0.15) is 5.10 Å². The molecule has 0 saturated carbocycles. The van der Waals surface area contributed by atoms with E-state index < -0.39 is 0 Å². The first-order valence-electron chi connectivity index (χ1n) is 5.69. The molecule has 0 aliphatic carbocycles. The second kappa shape index (κ2) is 4.41. The van der Waals surface area contributed by atoms with E-state index in [0.29, 0.717) is 11.4 Å². The normalized spacial score (nSPS) is 10.5. The van der Waals surface area contributed by atoms with E-state index in [0.717, 1.165) is 10.9 Å². The van der Waals surface area contributed by atoms with Crippen molar-refractivity contribution in [1.29, 1.82) is 0 Å². The predicted molar refractivity (Wildman–Crippen MR) is 72.7 cm³/mol. The fraction of sp³-hybridized carbons (Fsp3) is 0. The largest absolute Gasteiger partial charge is 0.396 e. The number of pyridine rings is 1. The van der Waals surface area contributed by atoms with E-state index in [1.54, 1.807) is 12.3 Å². The van der Waals surface area contributed by atoms with Gasteiger partial charge in [-0.05, 0) is 24.3 Å². The standard InChI is InChI=1S/C13H11N5O/c14-10-7-16-18-12(10)13(19)17-9-3-4-11-8(6-9)2-1-5-15-11/h1-7H,14H2,(H,16,18)(H,17,19). The molecule has 0 spiro atoms. The molecule has 0 aliphatic rings. The Balaban J connectivity index is 1.89. The second-order valence-electron chi connectivity index (χ2n) is 4.07. The number of nitrogens with two attached hydrogens (primary N) is 1. The lowest BCUT2D eigenvalue weighted by Crippen LogP contribution is -2.14. The number of amides is 1. The van der Waals surface area contributed by atoms with Gasteiger partial charge in [0.05, 0.1) is 17.4 Å². The van der Waals surface area contributed by atoms with E-state index in [9.17, 15) is 4.79 Å². The number of carbonyl (C=O) groups excluding carboxylic acids is 1. The smallest absolute Gasteiger partial charge is 0.275 e. The number of nitrogens with one attached hydrogen (secondary N) is 2. The average molecular weight is 253 g/mol. The molecule has 0 radical (unpaired) electrons. The molecule has 0 unspecified atom stereocenters. The molecule has 94 valence electrons. The van der Waals surface area contributed by atoms with Gasteiger partial charge < -0.3 is 11.1 Å². The molecule has 2 heterocycles. The monoisotopic (exact) mass is 253 g/mol. The summed E-state index contributed by atoms with van der Waals surface area (Å²) in [6.07, 6.45) is 3.13. The maximum Gasteiger partial charge on any atom is 0.275 e. The number of carbonyl (C=O) groups is 1. The third-order valence-corrected chi connectivity index (χ3v) is 2.76. The summed E-state index contributed by atoms with van der Waals surface area (Å²) in [5.41, 5.74) is 7.75. The van der Waals surface area contributed by atoms with Crippen LogP contribution in [0.4, 0.5) is 11.4 Å². The van der Waals surface area contributed by atoms with Gasteiger partial charge >= 0.3 is 0 Å². The van der Waals surface area contributed by atoms with Crippen molar-refractivity contribution in [2.45, 2.75) is 0 Å². The van der Waals surface area contributed by atoms with Crippen LogP contribution in [0.3, 0.4) is 0 Å². The van der Waals surface area contributed by atoms with Crippen LogP contribution in [0.5, 0.6) is 0 Å². The number of aromatic amines is 1. The SMILES string of the molecule is Nc1cn[nH]c1C(=O)Nc1ccc2ncccc2c1. The van der Waals surface area contributed by atoms with Gasteiger partial charge in [0.15, 0.2) is 0 Å². The fourth-order valence-corrected chi connectivity index (χ4v) is 1.82. The first-order valence-corrected chi connectivity index (χ1v) is 5.69. The zero-order chi connectivity index (χ0) is 13.2. The summed E-state index contributed by atoms with van der Waals surface area (Å²) < 4.78 is 0. The van der Waals surface area contributed by atoms with E-state index in [4.69, 9.17) is 5.73 Å². The van der Waals surface area contributed by atoms with Crippen LogP contribution in [-0.2, 0) is 0 Å². The number of nitrogens with zero attached hydrogens (tertiary/aromatic N) is 2. The number of anilines is 2. The van der Waals surface area contributed by atoms with Gasteiger partial charge in [-0.25, -0.2) is 0 Å². The Hall–Kier alpha value is -2.89. The van der Waals surface area contributed by atoms with Crippen molar-refractivity contribution in [1.82, 2.24) is 15.2 Å². The van der Waals surface area contributed by atoms with E-state index in [-0.39, 0.29) is 11.6 Å². The average Bonchev–Trinajstić information content (AvgIpc) is 2.85. The van der Waals surface area contributed by atoms with Gasteiger partial charge in [-0.1, -0.05) is 6.07 Å². The molecule has 2 aromatic heterocycles. The molecule has 1 amide bonds. The summed E-state index contributed by atoms with van der Waals surface area (Å²) in [7, 11) is 0. The van der Waals surface area contributed by atoms with Crippen LogP contribution in [0, 0.1) is 0 Å². The summed E-state index contributed by atoms with van der Waals surface area (Å²) >= 11 is 0. The topological polar surface area (TPSA) is 96.7 Å². The maximum atomic E-state index is 12.0. The molecule has 0 atom stereocenters. The minimum absolute atomic E-state index is 0.256. The molecule has 6 heteroatoms. The van der Waals surface area contributed by atoms with Crippen molar-refractivity contribution < 1.29 is 4.79 Å². The lowest BCUT2D eigenvalue weighted by molar-refractivity contribution is 0.102. The van der Waals surface area contributed by atoms with Crippen molar-refractivity contribution in [3.05, 3.63) is 48.4 Å². The second-order valence-corrected chi connectivity index (χ2v) is 4.07. The van der Waals surface area contributed by atoms with Crippen LogP contribution in [-0.4, -0.2) is 21.1 Å². The molecular weight excluding hydrogens is 242 g/mol. The molecule has 0 aliphatic heterocycles. The molecule has 3 aromatic rings. The Morgan fingerprint density at radius 2 is 2.21 bits per heavy atom. The minimum atomic E-state index is -0.321. The zero-order valence-electron chi connectivity index (χ0n) is 9.92. The highest BCUT2D eigenvalue weighted by Crippen LogP contribution is 2.18. The van der Waals surface area contributed by atoms with Gasteiger partial charge in [0.2, 0.25) is 0 Å². The summed E-state index contributed by atoms with van der Waals surface area (Å²) in [5.74, 6) is -0.321. The molecule has 0 saturated heterocycles. The Bertz CT molecular complexity index is 749. The van der Waals surface area contributed by atoms with Crippen molar-refractivity contribution in [2.24, 2.45) is 0 Å². The van der Waals surface area contributed by atoms with Crippen molar-refractivity contribution in [3.63, 3.8) is 0 Å². The Kier molecular flexibility index (Phi) is 2.60. The molecule has 1 aromatic carbocycles. The molecule has 0 bridgehead atoms. The Morgan fingerprint density at radius 3 is 3.00 bits per heavy atom. The van der Waals surface area contributed by atoms with Crippen LogP contribution in [0.1, 0.15) is 10.5 Å². The Morgan fingerprint density at radius 1 is 1.32 bits per heavy atom. The first kappa shape index (κ1) is 11.2. The summed E-state index contributed by atoms with van der Waals surface area (Å²) in [6.45, 7) is 0. The molecule has 4 N–H and O–H groups in total. The molecule has 6 nitrogen and oxygen atoms in total. The summed E-state index contributed by atoms with van der Waals surface area (Å²) in [4.78, 5) is 16.2. The third kappa shape index (κ3) is 2.11. The quantitative estimate of drug-likeness (QED) is 0.648. The van der Waals surface area contributed by atoms with Gasteiger partial charge in [-0.15, -0.1) is 0 Å². The van der Waals surface area contributed by atoms with Crippen molar-refractivity contribution in [3.8, 4) is 0 Å². The van der Waals surface area contributed by atoms with Crippen LogP contribution in [0.15, 0.2) is 42.7 Å². The highest BCUT2D eigenvalue weighted by atomic mass is 16.1. The number of H-pyrrole nitrogens is 1. The number of hydrogen-bond donors (Lipinski definition) is 3. The van der Waals surface area contributed by atoms with Crippen LogP contribution >= 0.6 is 0 Å². The predicted octanol–water partition coefficient (Wildman–Crippen LogP) is 1.79. The zero-order valence-corrected chi connectivity index (χ0v) is 9.92. The van der Waals surface area contributed by atoms with E-state index in [1.807, 2.05) is 24.3 Å². The number of nitrogen functional groups attached to an aromatic ring is 1. The van der Waals surface area contributed by atoms with Gasteiger partial charge in [0.25, 0.3) is 5.91 Å². The third-order valence-electron chi connectivity index (χ3n) is 2.76. The summed E-state index contributed by atoms with van der Waals surface area (Å²) in [6, 6.07) is 9.28. The van der Waals surface area contributed by atoms with E-state index >= 15 is 0 Å². The molecule has 0 fully saturated rings. The van der Waals surface area contributed by atoms with Crippen LogP contribution < -0.4 is 11.1 Å². The highest BCUT2D eigenvalue weighted by Gasteiger charge is 2.11. The number of benzene rings is 1. The van der Waals surface area contributed by atoms with Gasteiger partial charge in [0, 0.05) is 17.3 Å². The lowest BCUT2D eigenvalue weighted by atomic mass is 10.2. The van der Waals surface area contributed by atoms with Gasteiger partial charge in [0.1, 0.15) is 5.69 Å². The number of rotatable bonds is 2. The van der Waals surface area contributed by atoms with Gasteiger partial charge in [-0.3, -0.25) is 14.9 Å². The molecule has 19 heavy (non-hydrogen) atoms. The maximum absolute atomic E-state index is 12.0. The van der Waals surface area contributed by atoms with Crippen molar-refractivity contribution in [2.75, 3.05) is 11.1 Å². The van der Waals surface area contributed by atoms with E-state index in [1.165, 1.54) is 6.20 Å². The van der Waals surface area contributed by atoms with E-state index in [2.05, 4.69) is 20.5 Å². The van der Waals surface area contributed by atoms with Crippen LogP contribution in [0.2, 0.25) is 0 Å². The first-order chi connectivity index (χ1) is 9.24. The fourth-order valence-electron chi connectivity index (χ4n) is 1.82. The Labute approximate surface area is 108 Å². The molecular formula is C13H11N5O. The minimum Gasteiger partial charge on any atom is -0.396 e. The number of fused-ring (bicyclic) bond motifs is 1. The van der Waals surface area contributed by atoms with Crippen LogP contribution in [0.25, 0.3) is 10.9 Å². The number of aromatic nitrogens is 3. The number of hydrogen-bond acceptors (Lipinski definition) is 4. The summed E-state index contributed by atoms with van der Waals surface area (Å²) in [5, 5.41) is 9.99. The lowest BCUT2D eigenvalue weighted by Gasteiger charge is -2.05. The molecule has 3 rings (SSSR count). The van der Waals surface area contributed by atoms with Crippen molar-refractivity contribution >= 4 is 28.2 Å². The highest BCUT2D eigenvalue weighted by molar-refractivity contribution is 6.06.